The first kappa shape index (κ1) is 21.9. The Balaban J connectivity index is 1.27. The lowest BCUT2D eigenvalue weighted by molar-refractivity contribution is -0.125. The molecule has 1 fully saturated rings. The van der Waals surface area contributed by atoms with Gasteiger partial charge in [0.05, 0.1) is 5.52 Å². The van der Waals surface area contributed by atoms with Crippen molar-refractivity contribution in [1.29, 1.82) is 0 Å². The van der Waals surface area contributed by atoms with Crippen LogP contribution in [-0.2, 0) is 11.2 Å². The van der Waals surface area contributed by atoms with Crippen LogP contribution in [0.1, 0.15) is 23.3 Å². The van der Waals surface area contributed by atoms with Crippen LogP contribution in [0.2, 0.25) is 0 Å². The van der Waals surface area contributed by atoms with Crippen molar-refractivity contribution < 1.29 is 4.79 Å². The van der Waals surface area contributed by atoms with Gasteiger partial charge in [-0.15, -0.1) is 22.7 Å². The van der Waals surface area contributed by atoms with Crippen molar-refractivity contribution in [2.45, 2.75) is 26.2 Å². The van der Waals surface area contributed by atoms with Gasteiger partial charge in [0, 0.05) is 41.4 Å². The molecule has 8 heteroatoms. The third kappa shape index (κ3) is 4.72. The minimum Gasteiger partial charge on any atom is -0.355 e. The van der Waals surface area contributed by atoms with Gasteiger partial charge in [0.25, 0.3) is 5.56 Å². The lowest BCUT2D eigenvalue weighted by atomic mass is 9.96. The van der Waals surface area contributed by atoms with Gasteiger partial charge in [0.15, 0.2) is 0 Å². The molecule has 5 rings (SSSR count). The summed E-state index contributed by atoms with van der Waals surface area (Å²) < 4.78 is 0.648. The number of carbonyl (C=O) groups excluding carboxylic acids is 1. The van der Waals surface area contributed by atoms with E-state index in [-0.39, 0.29) is 17.4 Å². The van der Waals surface area contributed by atoms with E-state index in [2.05, 4.69) is 51.8 Å². The molecule has 1 aromatic carbocycles. The van der Waals surface area contributed by atoms with E-state index in [9.17, 15) is 9.59 Å². The van der Waals surface area contributed by atoms with Crippen LogP contribution in [0.5, 0.6) is 0 Å². The molecular formula is C25H26N4O2S2. The normalized spacial score (nSPS) is 14.6. The number of thiophene rings is 2. The molecule has 0 spiro atoms. The first-order valence-corrected chi connectivity index (χ1v) is 13.0. The number of aryl methyl sites for hydroxylation is 1. The minimum absolute atomic E-state index is 0.00374. The molecule has 0 aliphatic carbocycles. The Bertz CT molecular complexity index is 1320. The highest BCUT2D eigenvalue weighted by molar-refractivity contribution is 7.17. The van der Waals surface area contributed by atoms with Crippen molar-refractivity contribution in [2.75, 3.05) is 24.5 Å². The number of hydrogen-bond donors (Lipinski definition) is 2. The monoisotopic (exact) mass is 478 g/mol. The largest absolute Gasteiger partial charge is 0.355 e. The number of benzene rings is 1. The van der Waals surface area contributed by atoms with Crippen molar-refractivity contribution in [1.82, 2.24) is 15.3 Å². The topological polar surface area (TPSA) is 78.1 Å². The van der Waals surface area contributed by atoms with Crippen molar-refractivity contribution in [3.8, 4) is 11.1 Å². The van der Waals surface area contributed by atoms with Crippen LogP contribution in [0.3, 0.4) is 0 Å². The molecule has 0 bridgehead atoms. The van der Waals surface area contributed by atoms with E-state index in [1.165, 1.54) is 21.8 Å². The number of aromatic amines is 1. The van der Waals surface area contributed by atoms with Gasteiger partial charge >= 0.3 is 0 Å². The molecule has 1 aliphatic rings. The maximum atomic E-state index is 12.8. The lowest BCUT2D eigenvalue weighted by Gasteiger charge is -2.31. The van der Waals surface area contributed by atoms with Crippen LogP contribution in [0.25, 0.3) is 21.3 Å². The summed E-state index contributed by atoms with van der Waals surface area (Å²) in [5.41, 5.74) is 3.88. The summed E-state index contributed by atoms with van der Waals surface area (Å²) in [6.07, 6.45) is 2.37. The second kappa shape index (κ2) is 9.49. The van der Waals surface area contributed by atoms with Gasteiger partial charge in [-0.1, -0.05) is 35.9 Å². The molecule has 1 saturated heterocycles. The Morgan fingerprint density at radius 3 is 2.82 bits per heavy atom. The highest BCUT2D eigenvalue weighted by atomic mass is 32.1. The zero-order valence-electron chi connectivity index (χ0n) is 18.5. The van der Waals surface area contributed by atoms with Gasteiger partial charge < -0.3 is 10.2 Å². The maximum Gasteiger partial charge on any atom is 0.270 e. The number of nitrogens with one attached hydrogen (secondary N) is 2. The second-order valence-electron chi connectivity index (χ2n) is 8.47. The molecule has 3 aromatic heterocycles. The van der Waals surface area contributed by atoms with Gasteiger partial charge in [-0.3, -0.25) is 14.6 Å². The number of anilines is 1. The Morgan fingerprint density at radius 2 is 2.06 bits per heavy atom. The van der Waals surface area contributed by atoms with Crippen LogP contribution in [0, 0.1) is 12.8 Å². The number of piperidine rings is 1. The standard InChI is InChI=1S/C25H26N4O2S2/c1-16-4-2-5-18(14-16)20-15-33-22-21(20)27-25(28-24(22)31)29-11-8-17(9-12-29)23(30)26-10-7-19-6-3-13-32-19/h2-6,13-15,17H,7-12H2,1H3,(H,26,30)(H,27,28,31). The summed E-state index contributed by atoms with van der Waals surface area (Å²) >= 11 is 3.15. The van der Waals surface area contributed by atoms with Gasteiger partial charge in [0.2, 0.25) is 11.9 Å². The van der Waals surface area contributed by atoms with Crippen molar-refractivity contribution in [3.05, 3.63) is 68.0 Å². The van der Waals surface area contributed by atoms with E-state index < -0.39 is 0 Å². The molecule has 4 aromatic rings. The fourth-order valence-corrected chi connectivity index (χ4v) is 5.96. The summed E-state index contributed by atoms with van der Waals surface area (Å²) in [4.78, 5) is 36.6. The number of carbonyl (C=O) groups is 1. The van der Waals surface area contributed by atoms with E-state index in [0.717, 1.165) is 35.9 Å². The predicted molar refractivity (Wildman–Crippen MR) is 136 cm³/mol. The van der Waals surface area contributed by atoms with Crippen LogP contribution in [0.4, 0.5) is 5.95 Å². The highest BCUT2D eigenvalue weighted by Crippen LogP contribution is 2.32. The number of rotatable bonds is 6. The molecular weight excluding hydrogens is 452 g/mol. The van der Waals surface area contributed by atoms with Crippen molar-refractivity contribution >= 4 is 44.7 Å². The van der Waals surface area contributed by atoms with Crippen LogP contribution in [-0.4, -0.2) is 35.5 Å². The third-order valence-corrected chi connectivity index (χ3v) is 8.06. The molecule has 6 nitrogen and oxygen atoms in total. The van der Waals surface area contributed by atoms with Crippen LogP contribution in [0.15, 0.2) is 52.0 Å². The van der Waals surface area contributed by atoms with E-state index in [0.29, 0.717) is 30.3 Å². The number of aromatic nitrogens is 2. The molecule has 4 heterocycles. The Kier molecular flexibility index (Phi) is 6.28. The third-order valence-electron chi connectivity index (χ3n) is 6.16. The average molecular weight is 479 g/mol. The smallest absolute Gasteiger partial charge is 0.270 e. The summed E-state index contributed by atoms with van der Waals surface area (Å²) in [5, 5.41) is 7.15. The summed E-state index contributed by atoms with van der Waals surface area (Å²) in [5.74, 6) is 0.725. The molecule has 33 heavy (non-hydrogen) atoms. The van der Waals surface area contributed by atoms with Gasteiger partial charge in [0.1, 0.15) is 4.70 Å². The highest BCUT2D eigenvalue weighted by Gasteiger charge is 2.26. The molecule has 0 unspecified atom stereocenters. The van der Waals surface area contributed by atoms with Crippen molar-refractivity contribution in [3.63, 3.8) is 0 Å². The molecule has 2 N–H and O–H groups in total. The number of fused-ring (bicyclic) bond motifs is 1. The zero-order chi connectivity index (χ0) is 22.8. The number of nitrogens with zero attached hydrogens (tertiary/aromatic N) is 2. The number of H-pyrrole nitrogens is 1. The summed E-state index contributed by atoms with van der Waals surface area (Å²) in [6.45, 7) is 4.12. The quantitative estimate of drug-likeness (QED) is 0.425. The SMILES string of the molecule is Cc1cccc(-c2csc3c(=O)[nH]c(N4CCC(C(=O)NCCc5cccs5)CC4)nc23)c1. The summed E-state index contributed by atoms with van der Waals surface area (Å²) in [7, 11) is 0. The second-order valence-corrected chi connectivity index (χ2v) is 10.4. The molecule has 1 aliphatic heterocycles. The molecule has 1 amide bonds. The molecule has 170 valence electrons. The zero-order valence-corrected chi connectivity index (χ0v) is 20.1. The van der Waals surface area contributed by atoms with Crippen LogP contribution < -0.4 is 15.8 Å². The van der Waals surface area contributed by atoms with E-state index >= 15 is 0 Å². The fourth-order valence-electron chi connectivity index (χ4n) is 4.34. The average Bonchev–Trinajstić information content (AvgIpc) is 3.49. The molecule has 0 atom stereocenters. The summed E-state index contributed by atoms with van der Waals surface area (Å²) in [6, 6.07) is 12.4. The maximum absolute atomic E-state index is 12.8. The fraction of sp³-hybridized carbons (Fsp3) is 0.320. The van der Waals surface area contributed by atoms with E-state index in [1.807, 2.05) is 17.5 Å². The molecule has 0 saturated carbocycles. The lowest BCUT2D eigenvalue weighted by Crippen LogP contribution is -2.42. The Morgan fingerprint density at radius 1 is 1.21 bits per heavy atom. The number of amides is 1. The van der Waals surface area contributed by atoms with Gasteiger partial charge in [-0.25, -0.2) is 4.98 Å². The Hall–Kier alpha value is -2.97. The number of hydrogen-bond acceptors (Lipinski definition) is 6. The first-order valence-electron chi connectivity index (χ1n) is 11.2. The first-order chi connectivity index (χ1) is 16.1. The van der Waals surface area contributed by atoms with E-state index in [1.54, 1.807) is 11.3 Å². The molecule has 0 radical (unpaired) electrons. The predicted octanol–water partition coefficient (Wildman–Crippen LogP) is 4.60. The van der Waals surface area contributed by atoms with Crippen molar-refractivity contribution in [2.24, 2.45) is 5.92 Å². The van der Waals surface area contributed by atoms with Crippen LogP contribution >= 0.6 is 22.7 Å². The van der Waals surface area contributed by atoms with E-state index in [4.69, 9.17) is 4.98 Å². The van der Waals surface area contributed by atoms with Gasteiger partial charge in [-0.05, 0) is 43.2 Å². The minimum atomic E-state index is -0.104. The Labute approximate surface area is 200 Å². The van der Waals surface area contributed by atoms with Gasteiger partial charge in [-0.2, -0.15) is 0 Å².